The number of amides is 1. The number of fused-ring (bicyclic) bond motifs is 2. The Labute approximate surface area is 196 Å². The maximum atomic E-state index is 12.5. The number of hydrogen-bond donors (Lipinski definition) is 4. The minimum atomic E-state index is -4.58. The molecule has 2 saturated heterocycles. The Bertz CT molecular complexity index is 1380. The molecule has 0 spiro atoms. The standard InChI is InChI=1S/C18H19N6O8PS/c1-7(25)20-8-2-4-9(5-3-8)34-18-21-11-14(22-17(19)23-15(11)27)24(18)16-12(26)13-10(31-16)6-30-33(28,29)32-13/h2-5,10,12-13,16,26H,6H2,1H3,(H,20,25)(H,28,29)(H3,19,22,23,27)/t10?,12?,13-,16-/m1/s1. The minimum Gasteiger partial charge on any atom is -0.756 e. The van der Waals surface area contributed by atoms with Crippen LogP contribution in [-0.2, 0) is 23.1 Å². The lowest BCUT2D eigenvalue weighted by molar-refractivity contribution is -0.245. The van der Waals surface area contributed by atoms with Crippen LogP contribution >= 0.6 is 19.6 Å². The summed E-state index contributed by atoms with van der Waals surface area (Å²) in [4.78, 5) is 47.0. The Morgan fingerprint density at radius 3 is 2.85 bits per heavy atom. The number of H-pyrrole nitrogens is 1. The second-order valence-electron chi connectivity index (χ2n) is 7.56. The molecule has 2 fully saturated rings. The first kappa shape index (κ1) is 23.0. The number of phosphoric acid groups is 1. The summed E-state index contributed by atoms with van der Waals surface area (Å²) in [5.41, 5.74) is 5.70. The summed E-state index contributed by atoms with van der Waals surface area (Å²) in [6.07, 6.45) is -4.75. The summed E-state index contributed by atoms with van der Waals surface area (Å²) in [5, 5.41) is 13.8. The molecule has 2 aliphatic heterocycles. The normalized spacial score (nSPS) is 28.7. The fraction of sp³-hybridized carbons (Fsp3) is 0.333. The van der Waals surface area contributed by atoms with Crippen molar-refractivity contribution in [3.8, 4) is 0 Å². The SMILES string of the molecule is CC(=O)Nc1ccc(Sc2nc3c(=O)[nH]c(N)nc3n2[C@@H]2OC3COP(=O)([O-])O[C@H]3C2O)cc1.[H+]. The van der Waals surface area contributed by atoms with E-state index in [4.69, 9.17) is 15.0 Å². The maximum Gasteiger partial charge on any atom is 1.00 e. The summed E-state index contributed by atoms with van der Waals surface area (Å²) in [6.45, 7) is 1.06. The Balaban J connectivity index is 0.00000289. The lowest BCUT2D eigenvalue weighted by atomic mass is 10.1. The molecule has 2 aromatic heterocycles. The van der Waals surface area contributed by atoms with Crippen LogP contribution in [0.25, 0.3) is 11.2 Å². The number of aliphatic hydroxyl groups excluding tert-OH is 1. The highest BCUT2D eigenvalue weighted by atomic mass is 32.2. The third-order valence-electron chi connectivity index (χ3n) is 5.13. The van der Waals surface area contributed by atoms with Crippen molar-refractivity contribution in [2.45, 2.75) is 41.5 Å². The molecule has 5 N–H and O–H groups in total. The van der Waals surface area contributed by atoms with Gasteiger partial charge >= 0.3 is 1.43 Å². The van der Waals surface area contributed by atoms with Crippen molar-refractivity contribution in [1.29, 1.82) is 0 Å². The van der Waals surface area contributed by atoms with Gasteiger partial charge in [0, 0.05) is 17.5 Å². The van der Waals surface area contributed by atoms with Crippen molar-refractivity contribution >= 4 is 48.3 Å². The van der Waals surface area contributed by atoms with Crippen molar-refractivity contribution in [2.24, 2.45) is 0 Å². The van der Waals surface area contributed by atoms with Crippen molar-refractivity contribution in [3.05, 3.63) is 34.6 Å². The second-order valence-corrected chi connectivity index (χ2v) is 9.97. The number of phosphoric ester groups is 1. The van der Waals surface area contributed by atoms with E-state index >= 15 is 0 Å². The Hall–Kier alpha value is -2.78. The predicted molar refractivity (Wildman–Crippen MR) is 117 cm³/mol. The van der Waals surface area contributed by atoms with Crippen LogP contribution in [0.3, 0.4) is 0 Å². The lowest BCUT2D eigenvalue weighted by Crippen LogP contribution is -2.41. The van der Waals surface area contributed by atoms with Crippen LogP contribution < -0.4 is 21.5 Å². The van der Waals surface area contributed by atoms with Crippen LogP contribution in [0.1, 0.15) is 14.6 Å². The number of aromatic amines is 1. The Morgan fingerprint density at radius 1 is 1.41 bits per heavy atom. The molecular weight excluding hydrogens is 491 g/mol. The molecule has 0 aliphatic carbocycles. The van der Waals surface area contributed by atoms with Gasteiger partial charge in [0.2, 0.25) is 11.9 Å². The van der Waals surface area contributed by atoms with Crippen LogP contribution in [0.5, 0.6) is 0 Å². The maximum absolute atomic E-state index is 12.5. The van der Waals surface area contributed by atoms with Gasteiger partial charge in [0.1, 0.15) is 18.3 Å². The first-order valence-electron chi connectivity index (χ1n) is 9.92. The van der Waals surface area contributed by atoms with Crippen LogP contribution in [0, 0.1) is 0 Å². The lowest BCUT2D eigenvalue weighted by Gasteiger charge is -2.34. The number of carbonyl (C=O) groups excluding carboxylic acids is 1. The smallest absolute Gasteiger partial charge is 0.756 e. The van der Waals surface area contributed by atoms with E-state index in [1.54, 1.807) is 24.3 Å². The monoisotopic (exact) mass is 510 g/mol. The minimum absolute atomic E-state index is 0. The molecule has 5 atom stereocenters. The molecule has 3 aromatic rings. The predicted octanol–water partition coefficient (Wildman–Crippen LogP) is 0.0660. The van der Waals surface area contributed by atoms with Crippen molar-refractivity contribution in [3.63, 3.8) is 0 Å². The van der Waals surface area contributed by atoms with Gasteiger partial charge in [-0.05, 0) is 24.3 Å². The molecule has 16 heteroatoms. The Morgan fingerprint density at radius 2 is 2.15 bits per heavy atom. The first-order chi connectivity index (χ1) is 16.1. The van der Waals surface area contributed by atoms with Crippen LogP contribution in [0.15, 0.2) is 39.1 Å². The number of anilines is 2. The number of hydrogen-bond acceptors (Lipinski definition) is 12. The summed E-state index contributed by atoms with van der Waals surface area (Å²) in [6, 6.07) is 6.82. The average molecular weight is 510 g/mol. The number of rotatable bonds is 4. The van der Waals surface area contributed by atoms with E-state index in [9.17, 15) is 24.2 Å². The molecule has 4 heterocycles. The number of benzene rings is 1. The van der Waals surface area contributed by atoms with Gasteiger partial charge in [-0.15, -0.1) is 0 Å². The number of nitrogens with two attached hydrogens (primary N) is 1. The molecule has 34 heavy (non-hydrogen) atoms. The average Bonchev–Trinajstić information content (AvgIpc) is 3.26. The number of imidazole rings is 1. The third-order valence-corrected chi connectivity index (χ3v) is 7.08. The van der Waals surface area contributed by atoms with Crippen molar-refractivity contribution in [1.82, 2.24) is 19.5 Å². The molecule has 0 radical (unpaired) electrons. The van der Waals surface area contributed by atoms with E-state index < -0.39 is 37.9 Å². The van der Waals surface area contributed by atoms with E-state index in [0.29, 0.717) is 10.6 Å². The molecule has 3 unspecified atom stereocenters. The number of aliphatic hydroxyl groups is 1. The van der Waals surface area contributed by atoms with E-state index in [2.05, 4.69) is 24.8 Å². The number of ether oxygens (including phenoxy) is 1. The summed E-state index contributed by atoms with van der Waals surface area (Å²) in [7, 11) is -4.58. The molecule has 2 aliphatic rings. The zero-order valence-electron chi connectivity index (χ0n) is 18.4. The largest absolute Gasteiger partial charge is 1.00 e. The molecule has 1 aromatic carbocycles. The number of aromatic nitrogens is 4. The molecular formula is C18H19N6O8PS. The molecule has 0 saturated carbocycles. The summed E-state index contributed by atoms with van der Waals surface area (Å²) < 4.78 is 28.5. The number of nitrogens with zero attached hydrogens (tertiary/aromatic N) is 3. The van der Waals surface area contributed by atoms with Crippen LogP contribution in [0.2, 0.25) is 0 Å². The summed E-state index contributed by atoms with van der Waals surface area (Å²) in [5.74, 6) is -0.392. The van der Waals surface area contributed by atoms with Crippen molar-refractivity contribution < 1.29 is 34.6 Å². The van der Waals surface area contributed by atoms with Crippen LogP contribution in [-0.4, -0.2) is 55.5 Å². The topological polar surface area (TPSA) is 207 Å². The van der Waals surface area contributed by atoms with Crippen molar-refractivity contribution in [2.75, 3.05) is 17.7 Å². The highest BCUT2D eigenvalue weighted by Gasteiger charge is 2.51. The zero-order valence-corrected chi connectivity index (χ0v) is 19.1. The fourth-order valence-electron chi connectivity index (χ4n) is 3.74. The Kier molecular flexibility index (Phi) is 5.72. The molecule has 1 amide bonds. The first-order valence-corrected chi connectivity index (χ1v) is 12.2. The zero-order chi connectivity index (χ0) is 24.2. The number of carbonyl (C=O) groups is 1. The van der Waals surface area contributed by atoms with E-state index in [1.807, 2.05) is 0 Å². The van der Waals surface area contributed by atoms with Gasteiger partial charge in [-0.1, -0.05) is 11.8 Å². The van der Waals surface area contributed by atoms with Gasteiger partial charge in [0.05, 0.1) is 6.61 Å². The quantitative estimate of drug-likeness (QED) is 0.344. The van der Waals surface area contributed by atoms with Crippen LogP contribution in [0.4, 0.5) is 11.6 Å². The molecule has 5 rings (SSSR count). The van der Waals surface area contributed by atoms with E-state index in [1.165, 1.54) is 11.5 Å². The molecule has 180 valence electrons. The fourth-order valence-corrected chi connectivity index (χ4v) is 5.60. The highest BCUT2D eigenvalue weighted by molar-refractivity contribution is 7.99. The highest BCUT2D eigenvalue weighted by Crippen LogP contribution is 2.50. The van der Waals surface area contributed by atoms with Gasteiger partial charge in [0.25, 0.3) is 13.4 Å². The van der Waals surface area contributed by atoms with Gasteiger partial charge in [-0.25, -0.2) is 4.98 Å². The van der Waals surface area contributed by atoms with Gasteiger partial charge in [0.15, 0.2) is 22.5 Å². The number of nitrogen functional groups attached to an aromatic ring is 1. The molecule has 14 nitrogen and oxygen atoms in total. The van der Waals surface area contributed by atoms with Gasteiger partial charge in [-0.2, -0.15) is 4.98 Å². The van der Waals surface area contributed by atoms with Gasteiger partial charge in [-0.3, -0.25) is 23.7 Å². The van der Waals surface area contributed by atoms with E-state index in [-0.39, 0.29) is 36.2 Å². The number of nitrogens with one attached hydrogen (secondary N) is 2. The van der Waals surface area contributed by atoms with E-state index in [0.717, 1.165) is 11.8 Å². The molecule has 0 bridgehead atoms. The third kappa shape index (κ3) is 4.22. The summed E-state index contributed by atoms with van der Waals surface area (Å²) >= 11 is 1.13. The second kappa shape index (κ2) is 8.46. The van der Waals surface area contributed by atoms with Gasteiger partial charge < -0.3 is 34.8 Å².